The maximum absolute atomic E-state index is 12.6. The molecule has 0 spiro atoms. The van der Waals surface area contributed by atoms with Crippen LogP contribution in [0.5, 0.6) is 0 Å². The number of carbonyl (C=O) groups excluding carboxylic acids is 1. The smallest absolute Gasteiger partial charge is 0.227 e. The molecule has 2 nitrogen and oxygen atoms in total. The lowest BCUT2D eigenvalue weighted by atomic mass is 10.3. The van der Waals surface area contributed by atoms with Crippen LogP contribution in [0.3, 0.4) is 0 Å². The Hall–Kier alpha value is -0.840. The number of rotatable bonds is 1. The van der Waals surface area contributed by atoms with Crippen LogP contribution in [0.2, 0.25) is 0 Å². The molecule has 0 aliphatic carbocycles. The molecule has 0 saturated carbocycles. The van der Waals surface area contributed by atoms with Gasteiger partial charge >= 0.3 is 0 Å². The zero-order valence-corrected chi connectivity index (χ0v) is 6.73. The average Bonchev–Trinajstić information content (AvgIpc) is 1.85. The van der Waals surface area contributed by atoms with Gasteiger partial charge in [-0.25, -0.2) is 9.37 Å². The lowest BCUT2D eigenvalue weighted by Crippen LogP contribution is -1.96. The summed E-state index contributed by atoms with van der Waals surface area (Å²) >= 11 is 2.77. The number of hydrogen-bond acceptors (Lipinski definition) is 2. The van der Waals surface area contributed by atoms with Crippen molar-refractivity contribution in [3.63, 3.8) is 0 Å². The van der Waals surface area contributed by atoms with Crippen molar-refractivity contribution >= 4 is 22.2 Å². The van der Waals surface area contributed by atoms with Gasteiger partial charge in [0.05, 0.1) is 0 Å². The Morgan fingerprint density at radius 3 is 2.64 bits per heavy atom. The maximum Gasteiger partial charge on any atom is 0.227 e. The standard InChI is InChI=1S/C6H2BrF2NO/c7-5-1-4(8)3(2-11)6(9)10-5/h1-2H. The minimum absolute atomic E-state index is 0.0260. The van der Waals surface area contributed by atoms with Crippen LogP contribution in [0.1, 0.15) is 10.4 Å². The summed E-state index contributed by atoms with van der Waals surface area (Å²) in [6, 6.07) is 0.923. The molecule has 1 heterocycles. The summed E-state index contributed by atoms with van der Waals surface area (Å²) in [4.78, 5) is 13.2. The minimum Gasteiger partial charge on any atom is -0.298 e. The van der Waals surface area contributed by atoms with Crippen LogP contribution in [0, 0.1) is 11.8 Å². The van der Waals surface area contributed by atoms with E-state index in [4.69, 9.17) is 0 Å². The summed E-state index contributed by atoms with van der Waals surface area (Å²) in [6.45, 7) is 0. The average molecular weight is 222 g/mol. The van der Waals surface area contributed by atoms with Crippen molar-refractivity contribution in [1.82, 2.24) is 4.98 Å². The zero-order chi connectivity index (χ0) is 8.43. The molecule has 0 bridgehead atoms. The second kappa shape index (κ2) is 3.04. The number of pyridine rings is 1. The quantitative estimate of drug-likeness (QED) is 0.536. The molecule has 0 unspecified atom stereocenters. The summed E-state index contributed by atoms with van der Waals surface area (Å²) in [5.74, 6) is -2.02. The van der Waals surface area contributed by atoms with Crippen LogP contribution < -0.4 is 0 Å². The van der Waals surface area contributed by atoms with Crippen molar-refractivity contribution in [3.8, 4) is 0 Å². The van der Waals surface area contributed by atoms with Gasteiger partial charge < -0.3 is 0 Å². The lowest BCUT2D eigenvalue weighted by molar-refractivity contribution is 0.111. The van der Waals surface area contributed by atoms with E-state index in [9.17, 15) is 13.6 Å². The van der Waals surface area contributed by atoms with Gasteiger partial charge in [0.1, 0.15) is 16.0 Å². The molecular weight excluding hydrogens is 220 g/mol. The molecule has 0 N–H and O–H groups in total. The summed E-state index contributed by atoms with van der Waals surface area (Å²) in [6.07, 6.45) is 0.0874. The SMILES string of the molecule is O=Cc1c(F)cc(Br)nc1F. The molecule has 0 atom stereocenters. The predicted molar refractivity (Wildman–Crippen MR) is 37.2 cm³/mol. The maximum atomic E-state index is 12.6. The number of aldehydes is 1. The number of hydrogen-bond donors (Lipinski definition) is 0. The Labute approximate surface area is 69.4 Å². The molecule has 0 saturated heterocycles. The van der Waals surface area contributed by atoms with Crippen molar-refractivity contribution in [3.05, 3.63) is 28.0 Å². The minimum atomic E-state index is -1.10. The van der Waals surface area contributed by atoms with E-state index in [0.717, 1.165) is 6.07 Å². The predicted octanol–water partition coefficient (Wildman–Crippen LogP) is 1.93. The molecule has 0 aliphatic rings. The molecule has 0 radical (unpaired) electrons. The number of carbonyl (C=O) groups is 1. The fraction of sp³-hybridized carbons (Fsp3) is 0. The van der Waals surface area contributed by atoms with Gasteiger partial charge in [-0.2, -0.15) is 4.39 Å². The first-order valence-electron chi connectivity index (χ1n) is 2.62. The molecule has 1 aromatic rings. The fourth-order valence-corrected chi connectivity index (χ4v) is 0.929. The molecule has 0 aliphatic heterocycles. The molecule has 0 fully saturated rings. The summed E-state index contributed by atoms with van der Waals surface area (Å²) < 4.78 is 25.1. The third-order valence-corrected chi connectivity index (χ3v) is 1.45. The van der Waals surface area contributed by atoms with Crippen LogP contribution in [0.25, 0.3) is 0 Å². The highest BCUT2D eigenvalue weighted by molar-refractivity contribution is 9.10. The Bertz CT molecular complexity index is 280. The van der Waals surface area contributed by atoms with E-state index in [0.29, 0.717) is 0 Å². The number of halogens is 3. The van der Waals surface area contributed by atoms with Gasteiger partial charge in [0.25, 0.3) is 0 Å². The molecule has 0 aromatic carbocycles. The second-order valence-electron chi connectivity index (χ2n) is 1.75. The molecule has 11 heavy (non-hydrogen) atoms. The monoisotopic (exact) mass is 221 g/mol. The van der Waals surface area contributed by atoms with E-state index in [2.05, 4.69) is 20.9 Å². The highest BCUT2D eigenvalue weighted by Gasteiger charge is 2.09. The van der Waals surface area contributed by atoms with Crippen molar-refractivity contribution < 1.29 is 13.6 Å². The summed E-state index contributed by atoms with van der Waals surface area (Å²) in [5, 5.41) is 0. The highest BCUT2D eigenvalue weighted by Crippen LogP contribution is 2.13. The van der Waals surface area contributed by atoms with Gasteiger partial charge in [-0.05, 0) is 15.9 Å². The van der Waals surface area contributed by atoms with Gasteiger partial charge in [0, 0.05) is 6.07 Å². The van der Waals surface area contributed by atoms with Crippen LogP contribution in [0.15, 0.2) is 10.7 Å². The molecule has 58 valence electrons. The van der Waals surface area contributed by atoms with Crippen LogP contribution in [-0.4, -0.2) is 11.3 Å². The highest BCUT2D eigenvalue weighted by atomic mass is 79.9. The Morgan fingerprint density at radius 1 is 1.55 bits per heavy atom. The van der Waals surface area contributed by atoms with Crippen molar-refractivity contribution in [1.29, 1.82) is 0 Å². The van der Waals surface area contributed by atoms with Gasteiger partial charge in [-0.15, -0.1) is 0 Å². The first kappa shape index (κ1) is 8.26. The fourth-order valence-electron chi connectivity index (χ4n) is 0.572. The molecule has 0 amide bonds. The third-order valence-electron chi connectivity index (χ3n) is 1.05. The van der Waals surface area contributed by atoms with E-state index in [1.165, 1.54) is 0 Å². The number of nitrogens with zero attached hydrogens (tertiary/aromatic N) is 1. The van der Waals surface area contributed by atoms with Crippen LogP contribution in [-0.2, 0) is 0 Å². The second-order valence-corrected chi connectivity index (χ2v) is 2.56. The zero-order valence-electron chi connectivity index (χ0n) is 5.14. The van der Waals surface area contributed by atoms with E-state index in [1.807, 2.05) is 0 Å². The lowest BCUT2D eigenvalue weighted by Gasteiger charge is -1.95. The van der Waals surface area contributed by atoms with Crippen molar-refractivity contribution in [2.45, 2.75) is 0 Å². The normalized spacial score (nSPS) is 9.73. The Balaban J connectivity index is 3.36. The van der Waals surface area contributed by atoms with Crippen LogP contribution in [0.4, 0.5) is 8.78 Å². The van der Waals surface area contributed by atoms with Crippen molar-refractivity contribution in [2.24, 2.45) is 0 Å². The summed E-state index contributed by atoms with van der Waals surface area (Å²) in [5.41, 5.74) is -0.645. The first-order chi connectivity index (χ1) is 5.15. The van der Waals surface area contributed by atoms with Gasteiger partial charge in [0.15, 0.2) is 6.29 Å². The topological polar surface area (TPSA) is 30.0 Å². The van der Waals surface area contributed by atoms with E-state index in [-0.39, 0.29) is 10.9 Å². The third kappa shape index (κ3) is 1.59. The van der Waals surface area contributed by atoms with Gasteiger partial charge in [0.2, 0.25) is 5.95 Å². The van der Waals surface area contributed by atoms with Gasteiger partial charge in [-0.3, -0.25) is 4.79 Å². The Morgan fingerprint density at radius 2 is 2.18 bits per heavy atom. The van der Waals surface area contributed by atoms with E-state index in [1.54, 1.807) is 0 Å². The number of aromatic nitrogens is 1. The van der Waals surface area contributed by atoms with Crippen molar-refractivity contribution in [2.75, 3.05) is 0 Å². The summed E-state index contributed by atoms with van der Waals surface area (Å²) in [7, 11) is 0. The first-order valence-corrected chi connectivity index (χ1v) is 3.41. The van der Waals surface area contributed by atoms with Gasteiger partial charge in [-0.1, -0.05) is 0 Å². The molecule has 1 rings (SSSR count). The largest absolute Gasteiger partial charge is 0.298 e. The van der Waals surface area contributed by atoms with E-state index >= 15 is 0 Å². The molecule has 1 aromatic heterocycles. The molecular formula is C6H2BrF2NO. The van der Waals surface area contributed by atoms with Crippen LogP contribution >= 0.6 is 15.9 Å². The van der Waals surface area contributed by atoms with E-state index < -0.39 is 17.3 Å². The Kier molecular flexibility index (Phi) is 2.28. The molecule has 5 heteroatoms.